The van der Waals surface area contributed by atoms with Gasteiger partial charge in [0, 0.05) is 0 Å². The van der Waals surface area contributed by atoms with Gasteiger partial charge in [-0.1, -0.05) is 0 Å². The Kier molecular flexibility index (Phi) is 4.96. The van der Waals surface area contributed by atoms with Crippen LogP contribution in [-0.2, 0) is 28.7 Å². The predicted octanol–water partition coefficient (Wildman–Crippen LogP) is 5.72. The SMILES string of the molecule is CC1(C)c2cccc(c2)Oc2cccc(c2)C(C)(C)N2C=CN3[C]2=[Pt]=[C]2N(C=CN21)C1CCCCC13. The summed E-state index contributed by atoms with van der Waals surface area (Å²) in [6.07, 6.45) is 14.6. The first-order valence-electron chi connectivity index (χ1n) is 13.1. The summed E-state index contributed by atoms with van der Waals surface area (Å²) in [5.74, 6) is 1.78. The van der Waals surface area contributed by atoms with Crippen LogP contribution in [0.4, 0.5) is 0 Å². The monoisotopic (exact) mass is 661 g/mol. The summed E-state index contributed by atoms with van der Waals surface area (Å²) in [5.41, 5.74) is 2.14. The van der Waals surface area contributed by atoms with E-state index in [4.69, 9.17) is 4.74 Å². The molecule has 2 aromatic rings. The molecule has 5 aliphatic rings. The topological polar surface area (TPSA) is 22.2 Å². The number of hydrogen-bond acceptors (Lipinski definition) is 5. The van der Waals surface area contributed by atoms with E-state index in [9.17, 15) is 0 Å². The van der Waals surface area contributed by atoms with E-state index in [2.05, 4.69) is 121 Å². The van der Waals surface area contributed by atoms with Crippen molar-refractivity contribution in [1.29, 1.82) is 0 Å². The number of fused-ring (bicyclic) bond motifs is 7. The normalized spacial score (nSPS) is 27.2. The van der Waals surface area contributed by atoms with Crippen LogP contribution >= 0.6 is 0 Å². The van der Waals surface area contributed by atoms with E-state index in [-0.39, 0.29) is 11.1 Å². The quantitative estimate of drug-likeness (QED) is 0.360. The van der Waals surface area contributed by atoms with E-state index >= 15 is 0 Å². The zero-order chi connectivity index (χ0) is 24.7. The molecule has 0 amide bonds. The molecule has 4 heterocycles. The van der Waals surface area contributed by atoms with Crippen LogP contribution in [0, 0.1) is 0 Å². The Hall–Kier alpha value is -2.65. The molecule has 1 saturated carbocycles. The second-order valence-electron chi connectivity index (χ2n) is 11.4. The Labute approximate surface area is 222 Å². The zero-order valence-corrected chi connectivity index (χ0v) is 23.7. The molecule has 2 aromatic carbocycles. The van der Waals surface area contributed by atoms with Crippen molar-refractivity contribution in [3.05, 3.63) is 84.5 Å². The number of hydrogen-bond donors (Lipinski definition) is 0. The molecule has 7 rings (SSSR count). The third kappa shape index (κ3) is 3.24. The molecule has 0 spiro atoms. The third-order valence-electron chi connectivity index (χ3n) is 8.59. The van der Waals surface area contributed by atoms with Gasteiger partial charge in [-0.05, 0) is 0 Å². The van der Waals surface area contributed by atoms with Gasteiger partial charge in [0.25, 0.3) is 0 Å². The molecule has 6 bridgehead atoms. The van der Waals surface area contributed by atoms with Crippen molar-refractivity contribution in [3.63, 3.8) is 0 Å². The van der Waals surface area contributed by atoms with Gasteiger partial charge in [0.15, 0.2) is 0 Å². The van der Waals surface area contributed by atoms with E-state index in [1.165, 1.54) is 45.1 Å². The van der Waals surface area contributed by atoms with E-state index in [0.717, 1.165) is 11.5 Å². The number of nitrogens with zero attached hydrogens (tertiary/aromatic N) is 4. The predicted molar refractivity (Wildman–Crippen MR) is 141 cm³/mol. The molecule has 6 heteroatoms. The standard InChI is InChI=1S/C30H34N4O.Pt/c1-29(2)23-9-7-11-25(19-23)35-26-12-8-10-24(20-26)30(3,4)34-18-16-32(22-34)28-14-6-5-13-27(28)31-15-17-33(29)21-31;/h7-12,15-20,27-28H,5-6,13-14H2,1-4H3;. The summed E-state index contributed by atoms with van der Waals surface area (Å²) in [6.45, 7) is 9.40. The molecular weight excluding hydrogens is 627 g/mol. The van der Waals surface area contributed by atoms with Gasteiger partial charge in [-0.3, -0.25) is 0 Å². The molecule has 0 radical (unpaired) electrons. The fraction of sp³-hybridized carbons (Fsp3) is 0.400. The summed E-state index contributed by atoms with van der Waals surface area (Å²) in [4.78, 5) is 10.5. The summed E-state index contributed by atoms with van der Waals surface area (Å²) in [6, 6.07) is 18.4. The first-order chi connectivity index (χ1) is 17.3. The molecule has 2 atom stereocenters. The Bertz CT molecular complexity index is 1270. The molecule has 4 aliphatic heterocycles. The average molecular weight is 662 g/mol. The number of benzene rings is 2. The molecule has 5 nitrogen and oxygen atoms in total. The Morgan fingerprint density at radius 1 is 0.694 bits per heavy atom. The molecule has 1 aliphatic carbocycles. The summed E-state index contributed by atoms with van der Waals surface area (Å²) < 4.78 is 9.44. The van der Waals surface area contributed by atoms with Crippen LogP contribution in [0.3, 0.4) is 0 Å². The fourth-order valence-corrected chi connectivity index (χ4v) is 10.6. The molecule has 190 valence electrons. The molecule has 0 N–H and O–H groups in total. The Balaban J connectivity index is 1.49. The van der Waals surface area contributed by atoms with Gasteiger partial charge in [0.2, 0.25) is 0 Å². The number of rotatable bonds is 0. The second-order valence-corrected chi connectivity index (χ2v) is 14.0. The third-order valence-corrected chi connectivity index (χ3v) is 11.9. The van der Waals surface area contributed by atoms with Gasteiger partial charge in [0.05, 0.1) is 0 Å². The second kappa shape index (κ2) is 7.92. The molecule has 0 saturated heterocycles. The molecule has 1 fully saturated rings. The van der Waals surface area contributed by atoms with Crippen molar-refractivity contribution in [2.24, 2.45) is 0 Å². The Morgan fingerprint density at radius 3 is 1.64 bits per heavy atom. The molecule has 2 unspecified atom stereocenters. The molecule has 36 heavy (non-hydrogen) atoms. The molecular formula is C30H34N4OPt. The maximum absolute atomic E-state index is 6.44. The van der Waals surface area contributed by atoms with Gasteiger partial charge in [-0.15, -0.1) is 0 Å². The first kappa shape index (κ1) is 22.5. The van der Waals surface area contributed by atoms with Crippen LogP contribution in [0.1, 0.15) is 64.5 Å². The minimum absolute atomic E-state index is 0.196. The van der Waals surface area contributed by atoms with E-state index in [1.807, 2.05) is 0 Å². The van der Waals surface area contributed by atoms with Crippen molar-refractivity contribution in [1.82, 2.24) is 19.6 Å². The minimum atomic E-state index is -0.461. The van der Waals surface area contributed by atoms with Gasteiger partial charge < -0.3 is 0 Å². The summed E-state index contributed by atoms with van der Waals surface area (Å²) >= 11 is -0.461. The van der Waals surface area contributed by atoms with Crippen LogP contribution < -0.4 is 4.74 Å². The maximum atomic E-state index is 6.44. The van der Waals surface area contributed by atoms with Crippen molar-refractivity contribution in [2.45, 2.75) is 76.5 Å². The van der Waals surface area contributed by atoms with Gasteiger partial charge in [-0.25, -0.2) is 0 Å². The van der Waals surface area contributed by atoms with E-state index in [0.29, 0.717) is 12.1 Å². The molecule has 0 aromatic heterocycles. The van der Waals surface area contributed by atoms with Crippen LogP contribution in [0.5, 0.6) is 11.5 Å². The van der Waals surface area contributed by atoms with Crippen molar-refractivity contribution in [2.75, 3.05) is 0 Å². The summed E-state index contributed by atoms with van der Waals surface area (Å²) in [7, 11) is 0. The Morgan fingerprint density at radius 2 is 1.17 bits per heavy atom. The fourth-order valence-electron chi connectivity index (χ4n) is 6.28. The van der Waals surface area contributed by atoms with Crippen LogP contribution in [0.15, 0.2) is 73.3 Å². The van der Waals surface area contributed by atoms with E-state index in [1.54, 1.807) is 0 Å². The average Bonchev–Trinajstić information content (AvgIpc) is 3.47. The van der Waals surface area contributed by atoms with Crippen LogP contribution in [0.2, 0.25) is 0 Å². The van der Waals surface area contributed by atoms with Gasteiger partial charge >= 0.3 is 223 Å². The van der Waals surface area contributed by atoms with Crippen molar-refractivity contribution >= 4 is 8.29 Å². The number of ether oxygens (including phenoxy) is 1. The van der Waals surface area contributed by atoms with E-state index < -0.39 is 17.6 Å². The first-order valence-corrected chi connectivity index (χ1v) is 15.3. The van der Waals surface area contributed by atoms with Crippen molar-refractivity contribution in [3.8, 4) is 11.5 Å². The van der Waals surface area contributed by atoms with Crippen LogP contribution in [0.25, 0.3) is 0 Å². The van der Waals surface area contributed by atoms with Crippen molar-refractivity contribution < 1.29 is 22.4 Å². The summed E-state index contributed by atoms with van der Waals surface area (Å²) in [5, 5.41) is 0. The van der Waals surface area contributed by atoms with Crippen LogP contribution in [-0.4, -0.2) is 40.0 Å². The van der Waals surface area contributed by atoms with Gasteiger partial charge in [-0.2, -0.15) is 0 Å². The van der Waals surface area contributed by atoms with Gasteiger partial charge in [0.1, 0.15) is 0 Å². The zero-order valence-electron chi connectivity index (χ0n) is 21.4.